The average Bonchev–Trinajstić information content (AvgIpc) is 2.69. The number of carboxylic acids is 1. The molecule has 1 fully saturated rings. The summed E-state index contributed by atoms with van der Waals surface area (Å²) in [6.07, 6.45) is 8.61. The number of rotatable bonds is 5. The van der Waals surface area contributed by atoms with Crippen molar-refractivity contribution in [1.29, 1.82) is 0 Å². The zero-order valence-corrected chi connectivity index (χ0v) is 11.6. The third-order valence-electron chi connectivity index (χ3n) is 3.88. The molecule has 5 heteroatoms. The summed E-state index contributed by atoms with van der Waals surface area (Å²) in [6, 6.07) is -0.0435. The summed E-state index contributed by atoms with van der Waals surface area (Å²) in [5.41, 5.74) is 1.03. The molecule has 1 atom stereocenters. The maximum Gasteiger partial charge on any atom is 0.305 e. The molecule has 0 aliphatic carbocycles. The van der Waals surface area contributed by atoms with Crippen LogP contribution in [0.25, 0.3) is 0 Å². The van der Waals surface area contributed by atoms with E-state index in [1.165, 1.54) is 12.8 Å². The second-order valence-electron chi connectivity index (χ2n) is 5.17. The number of carbonyl (C=O) groups is 1. The van der Waals surface area contributed by atoms with Crippen molar-refractivity contribution in [3.8, 4) is 0 Å². The molecule has 0 saturated carbocycles. The normalized spacial score (nSPS) is 19.0. The van der Waals surface area contributed by atoms with E-state index < -0.39 is 5.97 Å². The van der Waals surface area contributed by atoms with Gasteiger partial charge in [-0.1, -0.05) is 12.8 Å². The highest BCUT2D eigenvalue weighted by molar-refractivity contribution is 5.67. The van der Waals surface area contributed by atoms with Crippen LogP contribution in [-0.4, -0.2) is 38.6 Å². The number of aromatic nitrogens is 2. The number of carboxylic acid groups (broad SMARTS) is 1. The highest BCUT2D eigenvalue weighted by atomic mass is 16.4. The van der Waals surface area contributed by atoms with Gasteiger partial charge in [-0.25, -0.2) is 4.98 Å². The third-order valence-corrected chi connectivity index (χ3v) is 3.88. The van der Waals surface area contributed by atoms with Gasteiger partial charge in [0.25, 0.3) is 0 Å². The lowest BCUT2D eigenvalue weighted by Crippen LogP contribution is -2.32. The summed E-state index contributed by atoms with van der Waals surface area (Å²) in [7, 11) is 0. The number of hydrogen-bond acceptors (Lipinski definition) is 3. The van der Waals surface area contributed by atoms with Crippen molar-refractivity contribution in [2.75, 3.05) is 13.1 Å². The molecule has 0 radical (unpaired) electrons. The van der Waals surface area contributed by atoms with Gasteiger partial charge in [-0.15, -0.1) is 0 Å². The predicted molar refractivity (Wildman–Crippen MR) is 72.9 cm³/mol. The van der Waals surface area contributed by atoms with Gasteiger partial charge in [-0.2, -0.15) is 0 Å². The number of imidazole rings is 1. The first-order valence-corrected chi connectivity index (χ1v) is 7.18. The second-order valence-corrected chi connectivity index (χ2v) is 5.17. The third kappa shape index (κ3) is 3.56. The molecule has 1 aliphatic heterocycles. The van der Waals surface area contributed by atoms with Crippen molar-refractivity contribution < 1.29 is 9.90 Å². The quantitative estimate of drug-likeness (QED) is 0.887. The van der Waals surface area contributed by atoms with Crippen LogP contribution in [0.3, 0.4) is 0 Å². The van der Waals surface area contributed by atoms with E-state index in [9.17, 15) is 9.90 Å². The number of nitrogens with zero attached hydrogens (tertiary/aromatic N) is 3. The van der Waals surface area contributed by atoms with E-state index in [4.69, 9.17) is 0 Å². The van der Waals surface area contributed by atoms with Crippen LogP contribution < -0.4 is 0 Å². The van der Waals surface area contributed by atoms with Crippen molar-refractivity contribution in [3.63, 3.8) is 0 Å². The van der Waals surface area contributed by atoms with Crippen molar-refractivity contribution in [3.05, 3.63) is 18.2 Å². The number of hydrogen-bond donors (Lipinski definition) is 1. The van der Waals surface area contributed by atoms with Gasteiger partial charge in [-0.05, 0) is 32.9 Å². The highest BCUT2D eigenvalue weighted by Crippen LogP contribution is 2.27. The topological polar surface area (TPSA) is 58.4 Å². The molecular weight excluding hydrogens is 242 g/mol. The number of aliphatic carboxylic acids is 1. The molecule has 1 aromatic heterocycles. The lowest BCUT2D eigenvalue weighted by atomic mass is 10.1. The molecule has 2 rings (SSSR count). The molecule has 1 aromatic rings. The zero-order chi connectivity index (χ0) is 13.7. The van der Waals surface area contributed by atoms with E-state index >= 15 is 0 Å². The van der Waals surface area contributed by atoms with Gasteiger partial charge < -0.3 is 9.67 Å². The summed E-state index contributed by atoms with van der Waals surface area (Å²) in [6.45, 7) is 4.88. The predicted octanol–water partition coefficient (Wildman–Crippen LogP) is 2.29. The molecule has 0 bridgehead atoms. The molecule has 106 valence electrons. The van der Waals surface area contributed by atoms with Crippen molar-refractivity contribution in [1.82, 2.24) is 14.5 Å². The van der Waals surface area contributed by atoms with Gasteiger partial charge in [0.2, 0.25) is 0 Å². The van der Waals surface area contributed by atoms with Gasteiger partial charge >= 0.3 is 5.97 Å². The minimum Gasteiger partial charge on any atom is -0.481 e. The summed E-state index contributed by atoms with van der Waals surface area (Å²) in [5, 5.41) is 9.19. The molecule has 1 unspecified atom stereocenters. The monoisotopic (exact) mass is 265 g/mol. The van der Waals surface area contributed by atoms with Crippen molar-refractivity contribution in [2.24, 2.45) is 0 Å². The number of likely N-dealkylation sites (tertiary alicyclic amines) is 1. The first-order valence-electron chi connectivity index (χ1n) is 7.18. The van der Waals surface area contributed by atoms with E-state index in [-0.39, 0.29) is 12.5 Å². The lowest BCUT2D eigenvalue weighted by Gasteiger charge is -2.30. The Morgan fingerprint density at radius 1 is 1.37 bits per heavy atom. The average molecular weight is 265 g/mol. The summed E-state index contributed by atoms with van der Waals surface area (Å²) < 4.78 is 2.05. The Labute approximate surface area is 114 Å². The maximum absolute atomic E-state index is 11.2. The fraction of sp³-hybridized carbons (Fsp3) is 0.714. The fourth-order valence-corrected chi connectivity index (χ4v) is 2.87. The fourth-order valence-electron chi connectivity index (χ4n) is 2.87. The van der Waals surface area contributed by atoms with Crippen LogP contribution >= 0.6 is 0 Å². The van der Waals surface area contributed by atoms with Crippen LogP contribution in [0.2, 0.25) is 0 Å². The molecule has 1 aliphatic rings. The molecule has 0 aromatic carbocycles. The Balaban J connectivity index is 2.21. The zero-order valence-electron chi connectivity index (χ0n) is 11.6. The molecule has 5 nitrogen and oxygen atoms in total. The van der Waals surface area contributed by atoms with Crippen LogP contribution in [0.1, 0.15) is 50.8 Å². The van der Waals surface area contributed by atoms with Gasteiger partial charge in [0.05, 0.1) is 24.5 Å². The van der Waals surface area contributed by atoms with Crippen LogP contribution in [0.15, 0.2) is 12.5 Å². The van der Waals surface area contributed by atoms with E-state index in [1.807, 2.05) is 6.20 Å². The SMILES string of the molecule is CCn1cncc1C(CC(=O)O)N1CCCCCC1. The van der Waals surface area contributed by atoms with Gasteiger partial charge in [0, 0.05) is 12.7 Å². The summed E-state index contributed by atoms with van der Waals surface area (Å²) in [5.74, 6) is -0.738. The van der Waals surface area contributed by atoms with Crippen molar-refractivity contribution >= 4 is 5.97 Å². The van der Waals surface area contributed by atoms with E-state index in [2.05, 4.69) is 21.4 Å². The molecule has 19 heavy (non-hydrogen) atoms. The molecule has 0 spiro atoms. The summed E-state index contributed by atoms with van der Waals surface area (Å²) in [4.78, 5) is 17.7. The number of aryl methyl sites for hydroxylation is 1. The first kappa shape index (κ1) is 14.1. The molecule has 1 N–H and O–H groups in total. The maximum atomic E-state index is 11.2. The minimum atomic E-state index is -0.738. The van der Waals surface area contributed by atoms with Crippen LogP contribution in [0, 0.1) is 0 Å². The van der Waals surface area contributed by atoms with Crippen LogP contribution in [0.5, 0.6) is 0 Å². The van der Waals surface area contributed by atoms with Crippen molar-refractivity contribution in [2.45, 2.75) is 51.6 Å². The molecule has 0 amide bonds. The summed E-state index contributed by atoms with van der Waals surface area (Å²) >= 11 is 0. The Morgan fingerprint density at radius 3 is 2.63 bits per heavy atom. The molecule has 2 heterocycles. The Hall–Kier alpha value is -1.36. The molecule has 1 saturated heterocycles. The van der Waals surface area contributed by atoms with E-state index in [1.54, 1.807) is 6.33 Å². The van der Waals surface area contributed by atoms with Gasteiger partial charge in [0.1, 0.15) is 0 Å². The minimum absolute atomic E-state index is 0.0435. The largest absolute Gasteiger partial charge is 0.481 e. The Kier molecular flexibility index (Phi) is 4.96. The van der Waals surface area contributed by atoms with E-state index in [0.29, 0.717) is 0 Å². The Morgan fingerprint density at radius 2 is 2.05 bits per heavy atom. The smallest absolute Gasteiger partial charge is 0.305 e. The first-order chi connectivity index (χ1) is 9.22. The van der Waals surface area contributed by atoms with Crippen LogP contribution in [0.4, 0.5) is 0 Å². The Bertz CT molecular complexity index is 409. The molecular formula is C14H23N3O2. The van der Waals surface area contributed by atoms with Gasteiger partial charge in [0.15, 0.2) is 0 Å². The van der Waals surface area contributed by atoms with Crippen LogP contribution in [-0.2, 0) is 11.3 Å². The van der Waals surface area contributed by atoms with E-state index in [0.717, 1.165) is 38.2 Å². The second kappa shape index (κ2) is 6.70. The van der Waals surface area contributed by atoms with Gasteiger partial charge in [-0.3, -0.25) is 9.69 Å². The highest BCUT2D eigenvalue weighted by Gasteiger charge is 2.26. The lowest BCUT2D eigenvalue weighted by molar-refractivity contribution is -0.138. The standard InChI is InChI=1S/C14H23N3O2/c1-2-16-11-15-10-13(16)12(9-14(18)19)17-7-5-3-4-6-8-17/h10-12H,2-9H2,1H3,(H,18,19).